The smallest absolute Gasteiger partial charge is 0.337 e. The first-order valence-electron chi connectivity index (χ1n) is 3.81. The molecule has 0 spiro atoms. The lowest BCUT2D eigenvalue weighted by Crippen LogP contribution is -2.18. The molecule has 0 saturated carbocycles. The second kappa shape index (κ2) is 4.52. The molecule has 7 heteroatoms. The summed E-state index contributed by atoms with van der Waals surface area (Å²) in [5.74, 6) is -1.50. The van der Waals surface area contributed by atoms with Crippen molar-refractivity contribution in [1.29, 1.82) is 0 Å². The van der Waals surface area contributed by atoms with Gasteiger partial charge in [0, 0.05) is 10.9 Å². The number of aromatic carboxylic acids is 1. The van der Waals surface area contributed by atoms with Gasteiger partial charge in [0.2, 0.25) is 0 Å². The van der Waals surface area contributed by atoms with E-state index in [1.807, 2.05) is 4.98 Å². The highest BCUT2D eigenvalue weighted by Crippen LogP contribution is 2.20. The molecule has 1 aromatic rings. The average molecular weight is 282 g/mol. The SMILES string of the molecule is O=C(O)c1cc(CBr)c(=O)[nH]c1C(F)F. The van der Waals surface area contributed by atoms with E-state index in [0.717, 1.165) is 6.07 Å². The molecule has 0 radical (unpaired) electrons. The third-order valence-electron chi connectivity index (χ3n) is 1.74. The van der Waals surface area contributed by atoms with Crippen molar-refractivity contribution in [1.82, 2.24) is 4.98 Å². The minimum absolute atomic E-state index is 0.0943. The highest BCUT2D eigenvalue weighted by atomic mass is 79.9. The monoisotopic (exact) mass is 281 g/mol. The number of carboxylic acids is 1. The Balaban J connectivity index is 3.46. The van der Waals surface area contributed by atoms with Crippen molar-refractivity contribution in [2.45, 2.75) is 11.8 Å². The molecule has 0 aliphatic carbocycles. The Morgan fingerprint density at radius 3 is 2.60 bits per heavy atom. The van der Waals surface area contributed by atoms with E-state index in [-0.39, 0.29) is 10.9 Å². The van der Waals surface area contributed by atoms with Gasteiger partial charge in [-0.15, -0.1) is 0 Å². The van der Waals surface area contributed by atoms with Gasteiger partial charge in [-0.3, -0.25) is 4.79 Å². The number of H-pyrrole nitrogens is 1. The van der Waals surface area contributed by atoms with Crippen LogP contribution in [-0.2, 0) is 5.33 Å². The summed E-state index contributed by atoms with van der Waals surface area (Å²) in [7, 11) is 0. The quantitative estimate of drug-likeness (QED) is 0.832. The van der Waals surface area contributed by atoms with Gasteiger partial charge < -0.3 is 10.1 Å². The van der Waals surface area contributed by atoms with Gasteiger partial charge >= 0.3 is 5.97 Å². The molecular weight excluding hydrogens is 276 g/mol. The van der Waals surface area contributed by atoms with E-state index in [4.69, 9.17) is 5.11 Å². The highest BCUT2D eigenvalue weighted by molar-refractivity contribution is 9.08. The van der Waals surface area contributed by atoms with Crippen LogP contribution in [0.25, 0.3) is 0 Å². The van der Waals surface area contributed by atoms with E-state index >= 15 is 0 Å². The Hall–Kier alpha value is -1.24. The lowest BCUT2D eigenvalue weighted by atomic mass is 10.1. The lowest BCUT2D eigenvalue weighted by Gasteiger charge is -2.05. The van der Waals surface area contributed by atoms with E-state index in [2.05, 4.69) is 15.9 Å². The number of rotatable bonds is 3. The first-order valence-corrected chi connectivity index (χ1v) is 4.93. The molecular formula is C8H6BrF2NO3. The van der Waals surface area contributed by atoms with Crippen LogP contribution in [0, 0.1) is 0 Å². The molecule has 0 aromatic carbocycles. The second-order valence-corrected chi connectivity index (χ2v) is 3.25. The first kappa shape index (κ1) is 11.8. The highest BCUT2D eigenvalue weighted by Gasteiger charge is 2.20. The largest absolute Gasteiger partial charge is 0.478 e. The molecule has 0 atom stereocenters. The molecule has 2 N–H and O–H groups in total. The summed E-state index contributed by atoms with van der Waals surface area (Å²) < 4.78 is 24.7. The summed E-state index contributed by atoms with van der Waals surface area (Å²) in [6, 6.07) is 0.942. The maximum atomic E-state index is 12.4. The van der Waals surface area contributed by atoms with Crippen LogP contribution in [-0.4, -0.2) is 16.1 Å². The number of hydrogen-bond acceptors (Lipinski definition) is 2. The number of alkyl halides is 3. The number of nitrogens with one attached hydrogen (secondary N) is 1. The van der Waals surface area contributed by atoms with Crippen molar-refractivity contribution in [2.24, 2.45) is 0 Å². The van der Waals surface area contributed by atoms with Crippen molar-refractivity contribution in [3.63, 3.8) is 0 Å². The molecule has 1 aromatic heterocycles. The van der Waals surface area contributed by atoms with E-state index < -0.39 is 29.2 Å². The summed E-state index contributed by atoms with van der Waals surface area (Å²) in [5.41, 5.74) is -2.07. The Kier molecular flexibility index (Phi) is 3.57. The van der Waals surface area contributed by atoms with Crippen LogP contribution in [0.5, 0.6) is 0 Å². The zero-order valence-electron chi connectivity index (χ0n) is 7.26. The summed E-state index contributed by atoms with van der Waals surface area (Å²) in [5, 5.41) is 8.76. The van der Waals surface area contributed by atoms with Crippen LogP contribution < -0.4 is 5.56 Å². The normalized spacial score (nSPS) is 10.7. The van der Waals surface area contributed by atoms with Crippen LogP contribution in [0.1, 0.15) is 28.0 Å². The minimum Gasteiger partial charge on any atom is -0.478 e. The van der Waals surface area contributed by atoms with E-state index in [0.29, 0.717) is 0 Å². The molecule has 15 heavy (non-hydrogen) atoms. The number of aromatic nitrogens is 1. The fourth-order valence-electron chi connectivity index (χ4n) is 1.04. The minimum atomic E-state index is -3.02. The summed E-state index contributed by atoms with van der Waals surface area (Å²) in [4.78, 5) is 23.6. The Bertz CT molecular complexity index is 444. The van der Waals surface area contributed by atoms with Gasteiger partial charge in [0.25, 0.3) is 12.0 Å². The number of pyridine rings is 1. The molecule has 0 saturated heterocycles. The number of carboxylic acid groups (broad SMARTS) is 1. The Morgan fingerprint density at radius 2 is 2.20 bits per heavy atom. The van der Waals surface area contributed by atoms with E-state index in [1.165, 1.54) is 0 Å². The van der Waals surface area contributed by atoms with Gasteiger partial charge in [-0.1, -0.05) is 15.9 Å². The van der Waals surface area contributed by atoms with Gasteiger partial charge in [-0.25, -0.2) is 13.6 Å². The summed E-state index contributed by atoms with van der Waals surface area (Å²) >= 11 is 2.95. The molecule has 0 amide bonds. The van der Waals surface area contributed by atoms with Gasteiger partial charge in [0.1, 0.15) is 0 Å². The molecule has 82 valence electrons. The topological polar surface area (TPSA) is 70.2 Å². The van der Waals surface area contributed by atoms with E-state index in [9.17, 15) is 18.4 Å². The predicted octanol–water partition coefficient (Wildman–Crippen LogP) is 1.91. The van der Waals surface area contributed by atoms with Gasteiger partial charge in [-0.2, -0.15) is 0 Å². The Labute approximate surface area is 91.1 Å². The van der Waals surface area contributed by atoms with Gasteiger partial charge in [-0.05, 0) is 6.07 Å². The molecule has 0 unspecified atom stereocenters. The number of carbonyl (C=O) groups is 1. The van der Waals surface area contributed by atoms with Crippen LogP contribution in [0.2, 0.25) is 0 Å². The molecule has 1 rings (SSSR count). The molecule has 4 nitrogen and oxygen atoms in total. The van der Waals surface area contributed by atoms with Gasteiger partial charge in [0.15, 0.2) is 0 Å². The fraction of sp³-hybridized carbons (Fsp3) is 0.250. The van der Waals surface area contributed by atoms with Crippen molar-refractivity contribution in [3.05, 3.63) is 33.2 Å². The van der Waals surface area contributed by atoms with Crippen molar-refractivity contribution < 1.29 is 18.7 Å². The maximum absolute atomic E-state index is 12.4. The van der Waals surface area contributed by atoms with Crippen molar-refractivity contribution in [3.8, 4) is 0 Å². The zero-order chi connectivity index (χ0) is 11.6. The third-order valence-corrected chi connectivity index (χ3v) is 2.35. The van der Waals surface area contributed by atoms with Crippen LogP contribution in [0.4, 0.5) is 8.78 Å². The number of aromatic amines is 1. The fourth-order valence-corrected chi connectivity index (χ4v) is 1.45. The lowest BCUT2D eigenvalue weighted by molar-refractivity contribution is 0.0682. The van der Waals surface area contributed by atoms with Crippen LogP contribution in [0.3, 0.4) is 0 Å². The molecule has 0 bridgehead atoms. The second-order valence-electron chi connectivity index (χ2n) is 2.69. The van der Waals surface area contributed by atoms with Gasteiger partial charge in [0.05, 0.1) is 11.3 Å². The van der Waals surface area contributed by atoms with Crippen molar-refractivity contribution in [2.75, 3.05) is 0 Å². The maximum Gasteiger partial charge on any atom is 0.337 e. The molecule has 1 heterocycles. The Morgan fingerprint density at radius 1 is 1.60 bits per heavy atom. The van der Waals surface area contributed by atoms with Crippen molar-refractivity contribution >= 4 is 21.9 Å². The number of halogens is 3. The summed E-state index contributed by atoms with van der Waals surface area (Å²) in [6.45, 7) is 0. The molecule has 0 aliphatic rings. The zero-order valence-corrected chi connectivity index (χ0v) is 8.85. The number of hydrogen-bond donors (Lipinski definition) is 2. The average Bonchev–Trinajstić information content (AvgIpc) is 2.16. The predicted molar refractivity (Wildman–Crippen MR) is 51.6 cm³/mol. The first-order chi connectivity index (χ1) is 6.97. The summed E-state index contributed by atoms with van der Waals surface area (Å²) in [6.07, 6.45) is -3.02. The van der Waals surface area contributed by atoms with Crippen LogP contribution in [0.15, 0.2) is 10.9 Å². The van der Waals surface area contributed by atoms with Crippen LogP contribution >= 0.6 is 15.9 Å². The molecule has 0 fully saturated rings. The standard InChI is InChI=1S/C8H6BrF2NO3/c9-2-3-1-4(8(14)15)5(6(10)11)12-7(3)13/h1,6H,2H2,(H,12,13)(H,14,15). The van der Waals surface area contributed by atoms with E-state index in [1.54, 1.807) is 0 Å². The third kappa shape index (κ3) is 2.41. The molecule has 0 aliphatic heterocycles.